The summed E-state index contributed by atoms with van der Waals surface area (Å²) in [5, 5.41) is 6.68. The average molecular weight is 404 g/mol. The molecule has 0 aliphatic carbocycles. The fraction of sp³-hybridized carbons (Fsp3) is 0.0909. The number of rotatable bonds is 8. The molecule has 3 rings (SSSR count). The molecule has 0 unspecified atom stereocenters. The standard InChI is InChI=1S/C22H20N4O4/c1-29-20-13-16(14-24-26-22(28)17-9-11-23-12-10-17)7-8-19(20)30-15-21(27)25-18-5-3-2-4-6-18/h2-14H,15H2,1H3,(H,25,27)(H,26,28). The molecule has 8 nitrogen and oxygen atoms in total. The van der Waals surface area contributed by atoms with Crippen molar-refractivity contribution in [2.45, 2.75) is 0 Å². The minimum absolute atomic E-state index is 0.166. The predicted molar refractivity (Wildman–Crippen MR) is 113 cm³/mol. The lowest BCUT2D eigenvalue weighted by molar-refractivity contribution is -0.118. The summed E-state index contributed by atoms with van der Waals surface area (Å²) in [5.74, 6) is 0.225. The molecule has 1 heterocycles. The van der Waals surface area contributed by atoms with Crippen LogP contribution in [0.5, 0.6) is 11.5 Å². The molecule has 0 radical (unpaired) electrons. The summed E-state index contributed by atoms with van der Waals surface area (Å²) in [5.41, 5.74) is 4.27. The van der Waals surface area contributed by atoms with Crippen LogP contribution in [-0.2, 0) is 4.79 Å². The smallest absolute Gasteiger partial charge is 0.271 e. The molecule has 0 atom stereocenters. The van der Waals surface area contributed by atoms with Crippen molar-refractivity contribution in [3.8, 4) is 11.5 Å². The van der Waals surface area contributed by atoms with E-state index in [0.717, 1.165) is 0 Å². The van der Waals surface area contributed by atoms with E-state index in [2.05, 4.69) is 20.8 Å². The highest BCUT2D eigenvalue weighted by Crippen LogP contribution is 2.27. The van der Waals surface area contributed by atoms with E-state index in [1.165, 1.54) is 25.7 Å². The van der Waals surface area contributed by atoms with Gasteiger partial charge in [0.15, 0.2) is 18.1 Å². The van der Waals surface area contributed by atoms with Gasteiger partial charge in [0.05, 0.1) is 13.3 Å². The summed E-state index contributed by atoms with van der Waals surface area (Å²) < 4.78 is 10.9. The normalized spacial score (nSPS) is 10.4. The highest BCUT2D eigenvalue weighted by atomic mass is 16.5. The number of pyridine rings is 1. The molecule has 0 spiro atoms. The molecular formula is C22H20N4O4. The highest BCUT2D eigenvalue weighted by molar-refractivity contribution is 5.94. The number of nitrogens with zero attached hydrogens (tertiary/aromatic N) is 2. The van der Waals surface area contributed by atoms with Crippen LogP contribution in [0.4, 0.5) is 5.69 Å². The van der Waals surface area contributed by atoms with E-state index in [0.29, 0.717) is 28.3 Å². The van der Waals surface area contributed by atoms with Crippen molar-refractivity contribution >= 4 is 23.7 Å². The van der Waals surface area contributed by atoms with E-state index in [1.807, 2.05) is 18.2 Å². The van der Waals surface area contributed by atoms with Crippen molar-refractivity contribution < 1.29 is 19.1 Å². The summed E-state index contributed by atoms with van der Waals surface area (Å²) >= 11 is 0. The summed E-state index contributed by atoms with van der Waals surface area (Å²) in [6.45, 7) is -0.166. The minimum atomic E-state index is -0.343. The van der Waals surface area contributed by atoms with Crippen LogP contribution in [-0.4, -0.2) is 36.7 Å². The van der Waals surface area contributed by atoms with Gasteiger partial charge in [-0.1, -0.05) is 18.2 Å². The first kappa shape index (κ1) is 20.5. The van der Waals surface area contributed by atoms with E-state index in [1.54, 1.807) is 42.5 Å². The number of carbonyl (C=O) groups excluding carboxylic acids is 2. The Labute approximate surface area is 173 Å². The Morgan fingerprint density at radius 1 is 1.03 bits per heavy atom. The topological polar surface area (TPSA) is 102 Å². The van der Waals surface area contributed by atoms with Gasteiger partial charge >= 0.3 is 0 Å². The Morgan fingerprint density at radius 3 is 2.53 bits per heavy atom. The number of benzene rings is 2. The number of carbonyl (C=O) groups is 2. The largest absolute Gasteiger partial charge is 0.493 e. The van der Waals surface area contributed by atoms with Crippen LogP contribution in [0.25, 0.3) is 0 Å². The maximum atomic E-state index is 12.0. The number of hydrogen-bond acceptors (Lipinski definition) is 6. The molecule has 0 saturated heterocycles. The maximum absolute atomic E-state index is 12.0. The molecule has 1 aromatic heterocycles. The number of methoxy groups -OCH3 is 1. The molecule has 2 aromatic carbocycles. The number of hydrazone groups is 1. The summed E-state index contributed by atoms with van der Waals surface area (Å²) in [6.07, 6.45) is 4.54. The molecule has 0 aliphatic heterocycles. The molecule has 0 saturated carbocycles. The second-order valence-electron chi connectivity index (χ2n) is 6.05. The van der Waals surface area contributed by atoms with E-state index < -0.39 is 0 Å². The third-order valence-electron chi connectivity index (χ3n) is 3.93. The molecule has 8 heteroatoms. The lowest BCUT2D eigenvalue weighted by Gasteiger charge is -2.11. The van der Waals surface area contributed by atoms with Gasteiger partial charge < -0.3 is 14.8 Å². The first-order chi connectivity index (χ1) is 14.7. The Balaban J connectivity index is 1.56. The third-order valence-corrected chi connectivity index (χ3v) is 3.93. The molecule has 3 aromatic rings. The Hall–Kier alpha value is -4.20. The molecule has 2 N–H and O–H groups in total. The monoisotopic (exact) mass is 404 g/mol. The van der Waals surface area contributed by atoms with Gasteiger partial charge in [-0.2, -0.15) is 5.10 Å². The molecule has 0 fully saturated rings. The van der Waals surface area contributed by atoms with Crippen LogP contribution in [0.15, 0.2) is 78.2 Å². The number of anilines is 1. The van der Waals surface area contributed by atoms with Crippen LogP contribution in [0.3, 0.4) is 0 Å². The van der Waals surface area contributed by atoms with Gasteiger partial charge in [0.1, 0.15) is 0 Å². The van der Waals surface area contributed by atoms with Crippen molar-refractivity contribution in [2.24, 2.45) is 5.10 Å². The lowest BCUT2D eigenvalue weighted by Crippen LogP contribution is -2.20. The van der Waals surface area contributed by atoms with E-state index >= 15 is 0 Å². The first-order valence-corrected chi connectivity index (χ1v) is 9.05. The molecule has 30 heavy (non-hydrogen) atoms. The first-order valence-electron chi connectivity index (χ1n) is 9.05. The zero-order valence-electron chi connectivity index (χ0n) is 16.2. The Kier molecular flexibility index (Phi) is 7.10. The molecule has 2 amide bonds. The van der Waals surface area contributed by atoms with Crippen molar-refractivity contribution in [2.75, 3.05) is 19.0 Å². The second-order valence-corrected chi connectivity index (χ2v) is 6.05. The van der Waals surface area contributed by atoms with E-state index in [-0.39, 0.29) is 18.4 Å². The third kappa shape index (κ3) is 5.90. The zero-order valence-corrected chi connectivity index (χ0v) is 16.2. The zero-order chi connectivity index (χ0) is 21.2. The van der Waals surface area contributed by atoms with Gasteiger partial charge in [0, 0.05) is 23.6 Å². The summed E-state index contributed by atoms with van der Waals surface area (Å²) in [7, 11) is 1.50. The highest BCUT2D eigenvalue weighted by Gasteiger charge is 2.09. The number of amides is 2. The fourth-order valence-electron chi connectivity index (χ4n) is 2.48. The van der Waals surface area contributed by atoms with E-state index in [9.17, 15) is 9.59 Å². The number of aromatic nitrogens is 1. The summed E-state index contributed by atoms with van der Waals surface area (Å²) in [6, 6.07) is 17.4. The van der Waals surface area contributed by atoms with Gasteiger partial charge in [0.25, 0.3) is 11.8 Å². The lowest BCUT2D eigenvalue weighted by atomic mass is 10.2. The van der Waals surface area contributed by atoms with Gasteiger partial charge in [-0.05, 0) is 48.0 Å². The Morgan fingerprint density at radius 2 is 1.80 bits per heavy atom. The van der Waals surface area contributed by atoms with Gasteiger partial charge in [-0.3, -0.25) is 14.6 Å². The Bertz CT molecular complexity index is 1020. The van der Waals surface area contributed by atoms with Crippen LogP contribution in [0.2, 0.25) is 0 Å². The quantitative estimate of drug-likeness (QED) is 0.444. The second kappa shape index (κ2) is 10.4. The molecule has 0 aliphatic rings. The molecule has 152 valence electrons. The average Bonchev–Trinajstić information content (AvgIpc) is 2.79. The summed E-state index contributed by atoms with van der Waals surface area (Å²) in [4.78, 5) is 27.8. The fourth-order valence-corrected chi connectivity index (χ4v) is 2.48. The van der Waals surface area contributed by atoms with Crippen molar-refractivity contribution in [3.05, 3.63) is 84.2 Å². The molecule has 0 bridgehead atoms. The van der Waals surface area contributed by atoms with Crippen LogP contribution in [0, 0.1) is 0 Å². The van der Waals surface area contributed by atoms with Gasteiger partial charge in [-0.25, -0.2) is 5.43 Å². The number of ether oxygens (including phenoxy) is 2. The predicted octanol–water partition coefficient (Wildman–Crippen LogP) is 2.87. The van der Waals surface area contributed by atoms with Gasteiger partial charge in [0.2, 0.25) is 0 Å². The van der Waals surface area contributed by atoms with Crippen LogP contribution < -0.4 is 20.2 Å². The SMILES string of the molecule is COc1cc(C=NNC(=O)c2ccncc2)ccc1OCC(=O)Nc1ccccc1. The van der Waals surface area contributed by atoms with Crippen LogP contribution in [0.1, 0.15) is 15.9 Å². The number of hydrogen-bond donors (Lipinski definition) is 2. The minimum Gasteiger partial charge on any atom is -0.493 e. The van der Waals surface area contributed by atoms with E-state index in [4.69, 9.17) is 9.47 Å². The molecular weight excluding hydrogens is 384 g/mol. The number of nitrogens with one attached hydrogen (secondary N) is 2. The van der Waals surface area contributed by atoms with Crippen LogP contribution >= 0.6 is 0 Å². The number of para-hydroxylation sites is 1. The van der Waals surface area contributed by atoms with Crippen molar-refractivity contribution in [1.82, 2.24) is 10.4 Å². The van der Waals surface area contributed by atoms with Crippen molar-refractivity contribution in [3.63, 3.8) is 0 Å². The van der Waals surface area contributed by atoms with Gasteiger partial charge in [-0.15, -0.1) is 0 Å². The van der Waals surface area contributed by atoms with Crippen molar-refractivity contribution in [1.29, 1.82) is 0 Å². The maximum Gasteiger partial charge on any atom is 0.271 e.